The Morgan fingerprint density at radius 3 is 2.85 bits per heavy atom. The van der Waals surface area contributed by atoms with Crippen LogP contribution in [0.15, 0.2) is 29.9 Å². The Morgan fingerprint density at radius 2 is 2.07 bits per heavy atom. The Labute approximate surface area is 163 Å². The fourth-order valence-electron chi connectivity index (χ4n) is 3.94. The number of anilines is 1. The van der Waals surface area contributed by atoms with E-state index in [0.717, 1.165) is 48.4 Å². The van der Waals surface area contributed by atoms with Crippen LogP contribution in [-0.4, -0.2) is 38.3 Å². The van der Waals surface area contributed by atoms with Crippen LogP contribution in [0.5, 0.6) is 0 Å². The number of thiazole rings is 1. The molecule has 0 unspecified atom stereocenters. The summed E-state index contributed by atoms with van der Waals surface area (Å²) in [5.74, 6) is 1.23. The topological polar surface area (TPSA) is 62.5 Å². The predicted molar refractivity (Wildman–Crippen MR) is 108 cm³/mol. The van der Waals surface area contributed by atoms with E-state index in [1.165, 1.54) is 17.8 Å². The predicted octanol–water partition coefficient (Wildman–Crippen LogP) is 3.83. The maximum absolute atomic E-state index is 12.5. The molecule has 27 heavy (non-hydrogen) atoms. The standard InChI is InChI=1S/C20H25N5OS/c1-13-4-5-25-11-17(22-18(25)7-13)19(26)23-20-21-16(12-27-20)10-24-8-14(2)6-15(3)9-24/h4-5,7,11-12,14-15H,6,8-10H2,1-3H3,(H,21,23,26)/t14-,15-/m1/s1. The van der Waals surface area contributed by atoms with Gasteiger partial charge in [0.25, 0.3) is 5.91 Å². The molecule has 1 aliphatic rings. The number of carbonyl (C=O) groups excluding carboxylic acids is 1. The van der Waals surface area contributed by atoms with Crippen molar-refractivity contribution in [3.63, 3.8) is 0 Å². The quantitative estimate of drug-likeness (QED) is 0.744. The lowest BCUT2D eigenvalue weighted by atomic mass is 9.92. The maximum atomic E-state index is 12.5. The number of nitrogens with zero attached hydrogens (tertiary/aromatic N) is 4. The zero-order chi connectivity index (χ0) is 19.0. The number of piperidine rings is 1. The molecule has 142 valence electrons. The minimum Gasteiger partial charge on any atom is -0.306 e. The second-order valence-corrected chi connectivity index (χ2v) is 8.69. The molecule has 0 saturated carbocycles. The summed E-state index contributed by atoms with van der Waals surface area (Å²) in [5.41, 5.74) is 3.30. The zero-order valence-electron chi connectivity index (χ0n) is 16.0. The van der Waals surface area contributed by atoms with Crippen molar-refractivity contribution in [1.82, 2.24) is 19.3 Å². The Balaban J connectivity index is 1.41. The van der Waals surface area contributed by atoms with Crippen LogP contribution in [0, 0.1) is 18.8 Å². The van der Waals surface area contributed by atoms with Gasteiger partial charge in [0.15, 0.2) is 5.13 Å². The minimum absolute atomic E-state index is 0.225. The largest absolute Gasteiger partial charge is 0.306 e. The molecule has 4 rings (SSSR count). The van der Waals surface area contributed by atoms with E-state index in [-0.39, 0.29) is 5.91 Å². The monoisotopic (exact) mass is 383 g/mol. The molecule has 2 atom stereocenters. The number of carbonyl (C=O) groups is 1. The highest BCUT2D eigenvalue weighted by atomic mass is 32.1. The number of likely N-dealkylation sites (tertiary alicyclic amines) is 1. The summed E-state index contributed by atoms with van der Waals surface area (Å²) in [5, 5.41) is 5.54. The third kappa shape index (κ3) is 4.20. The Kier molecular flexibility index (Phi) is 4.97. The summed E-state index contributed by atoms with van der Waals surface area (Å²) in [7, 11) is 0. The van der Waals surface area contributed by atoms with E-state index in [1.807, 2.05) is 35.0 Å². The van der Waals surface area contributed by atoms with Gasteiger partial charge >= 0.3 is 0 Å². The smallest absolute Gasteiger partial charge is 0.277 e. The lowest BCUT2D eigenvalue weighted by molar-refractivity contribution is 0.102. The van der Waals surface area contributed by atoms with Crippen LogP contribution in [0.2, 0.25) is 0 Å². The van der Waals surface area contributed by atoms with Gasteiger partial charge in [-0.05, 0) is 42.9 Å². The van der Waals surface area contributed by atoms with Crippen LogP contribution in [0.3, 0.4) is 0 Å². The van der Waals surface area contributed by atoms with Gasteiger partial charge in [-0.1, -0.05) is 13.8 Å². The number of imidazole rings is 1. The van der Waals surface area contributed by atoms with E-state index in [1.54, 1.807) is 6.20 Å². The van der Waals surface area contributed by atoms with Gasteiger partial charge in [0, 0.05) is 37.4 Å². The summed E-state index contributed by atoms with van der Waals surface area (Å²) >= 11 is 1.47. The van der Waals surface area contributed by atoms with Crippen LogP contribution in [0.1, 0.15) is 42.0 Å². The number of amides is 1. The molecule has 4 heterocycles. The lowest BCUT2D eigenvalue weighted by Gasteiger charge is -2.34. The van der Waals surface area contributed by atoms with Gasteiger partial charge in [-0.25, -0.2) is 9.97 Å². The average molecular weight is 384 g/mol. The highest BCUT2D eigenvalue weighted by molar-refractivity contribution is 7.13. The first-order chi connectivity index (χ1) is 13.0. The molecule has 0 bridgehead atoms. The number of aryl methyl sites for hydroxylation is 1. The third-order valence-corrected chi connectivity index (χ3v) is 5.76. The van der Waals surface area contributed by atoms with Crippen molar-refractivity contribution in [2.45, 2.75) is 33.7 Å². The van der Waals surface area contributed by atoms with Gasteiger partial charge in [0.1, 0.15) is 11.3 Å². The number of nitrogens with one attached hydrogen (secondary N) is 1. The Hall–Kier alpha value is -2.25. The second kappa shape index (κ2) is 7.40. The lowest BCUT2D eigenvalue weighted by Crippen LogP contribution is -2.38. The first kappa shape index (κ1) is 18.1. The molecule has 6 nitrogen and oxygen atoms in total. The number of hydrogen-bond acceptors (Lipinski definition) is 5. The van der Waals surface area contributed by atoms with Crippen molar-refractivity contribution in [2.24, 2.45) is 11.8 Å². The van der Waals surface area contributed by atoms with Gasteiger partial charge in [-0.3, -0.25) is 15.0 Å². The van der Waals surface area contributed by atoms with Crippen molar-refractivity contribution in [3.05, 3.63) is 46.9 Å². The molecule has 1 amide bonds. The molecular weight excluding hydrogens is 358 g/mol. The molecule has 1 aliphatic heterocycles. The van der Waals surface area contributed by atoms with Crippen molar-refractivity contribution < 1.29 is 4.79 Å². The van der Waals surface area contributed by atoms with Gasteiger partial charge in [-0.2, -0.15) is 0 Å². The molecular formula is C20H25N5OS. The van der Waals surface area contributed by atoms with Gasteiger partial charge in [0.2, 0.25) is 0 Å². The molecule has 1 N–H and O–H groups in total. The highest BCUT2D eigenvalue weighted by Crippen LogP contribution is 2.24. The molecule has 0 aromatic carbocycles. The fraction of sp³-hybridized carbons (Fsp3) is 0.450. The third-order valence-electron chi connectivity index (χ3n) is 4.95. The first-order valence-corrected chi connectivity index (χ1v) is 10.3. The summed E-state index contributed by atoms with van der Waals surface area (Å²) in [6.07, 6.45) is 4.96. The Bertz CT molecular complexity index is 952. The Morgan fingerprint density at radius 1 is 1.30 bits per heavy atom. The summed E-state index contributed by atoms with van der Waals surface area (Å²) < 4.78 is 1.86. The van der Waals surface area contributed by atoms with E-state index in [9.17, 15) is 4.79 Å². The van der Waals surface area contributed by atoms with Crippen LogP contribution in [0.4, 0.5) is 5.13 Å². The summed E-state index contributed by atoms with van der Waals surface area (Å²) in [6, 6.07) is 3.95. The number of fused-ring (bicyclic) bond motifs is 1. The average Bonchev–Trinajstić information content (AvgIpc) is 3.20. The first-order valence-electron chi connectivity index (χ1n) is 9.40. The van der Waals surface area contributed by atoms with Crippen LogP contribution in [0.25, 0.3) is 5.65 Å². The van der Waals surface area contributed by atoms with Gasteiger partial charge in [0.05, 0.1) is 5.69 Å². The van der Waals surface area contributed by atoms with E-state index < -0.39 is 0 Å². The van der Waals surface area contributed by atoms with Crippen molar-refractivity contribution in [3.8, 4) is 0 Å². The fourth-order valence-corrected chi connectivity index (χ4v) is 4.64. The van der Waals surface area contributed by atoms with E-state index >= 15 is 0 Å². The van der Waals surface area contributed by atoms with E-state index in [0.29, 0.717) is 10.8 Å². The summed E-state index contributed by atoms with van der Waals surface area (Å²) in [6.45, 7) is 9.70. The van der Waals surface area contributed by atoms with Gasteiger partial charge in [-0.15, -0.1) is 11.3 Å². The van der Waals surface area contributed by atoms with E-state index in [2.05, 4.69) is 34.0 Å². The van der Waals surface area contributed by atoms with Crippen LogP contribution < -0.4 is 5.32 Å². The van der Waals surface area contributed by atoms with E-state index in [4.69, 9.17) is 0 Å². The zero-order valence-corrected chi connectivity index (χ0v) is 16.8. The highest BCUT2D eigenvalue weighted by Gasteiger charge is 2.22. The van der Waals surface area contributed by atoms with Crippen molar-refractivity contribution >= 4 is 28.0 Å². The molecule has 0 radical (unpaired) electrons. The van der Waals surface area contributed by atoms with Crippen LogP contribution in [-0.2, 0) is 6.54 Å². The number of rotatable bonds is 4. The molecule has 3 aromatic heterocycles. The normalized spacial score (nSPS) is 20.9. The molecule has 0 aliphatic carbocycles. The van der Waals surface area contributed by atoms with Crippen molar-refractivity contribution in [2.75, 3.05) is 18.4 Å². The van der Waals surface area contributed by atoms with Gasteiger partial charge < -0.3 is 4.40 Å². The molecule has 7 heteroatoms. The molecule has 0 spiro atoms. The van der Waals surface area contributed by atoms with Crippen LogP contribution >= 0.6 is 11.3 Å². The van der Waals surface area contributed by atoms with Crippen molar-refractivity contribution in [1.29, 1.82) is 0 Å². The molecule has 3 aromatic rings. The maximum Gasteiger partial charge on any atom is 0.277 e. The minimum atomic E-state index is -0.225. The summed E-state index contributed by atoms with van der Waals surface area (Å²) in [4.78, 5) is 24.0. The molecule has 1 fully saturated rings. The number of hydrogen-bond donors (Lipinski definition) is 1. The molecule has 1 saturated heterocycles. The SMILES string of the molecule is Cc1ccn2cc(C(=O)Nc3nc(CN4C[C@H](C)C[C@@H](C)C4)cs3)nc2c1. The number of pyridine rings is 1. The second-order valence-electron chi connectivity index (χ2n) is 7.83. The number of aromatic nitrogens is 3.